The quantitative estimate of drug-likeness (QED) is 0.566. The number of carbonyl (C=O) groups excluding carboxylic acids is 2. The molecule has 4 rings (SSSR count). The van der Waals surface area contributed by atoms with Gasteiger partial charge in [-0.25, -0.2) is 13.7 Å². The average Bonchev–Trinajstić information content (AvgIpc) is 3.01. The summed E-state index contributed by atoms with van der Waals surface area (Å²) in [7, 11) is 1.53. The zero-order chi connectivity index (χ0) is 22.1. The van der Waals surface area contributed by atoms with Crippen molar-refractivity contribution in [2.45, 2.75) is 0 Å². The Hall–Kier alpha value is -3.71. The van der Waals surface area contributed by atoms with Gasteiger partial charge in [-0.1, -0.05) is 23.7 Å². The van der Waals surface area contributed by atoms with E-state index in [-0.39, 0.29) is 22.0 Å². The smallest absolute Gasteiger partial charge is 0.282 e. The fourth-order valence-electron chi connectivity index (χ4n) is 3.21. The van der Waals surface area contributed by atoms with Crippen LogP contribution in [0.1, 0.15) is 5.56 Å². The molecule has 2 amide bonds. The second-order valence-corrected chi connectivity index (χ2v) is 7.06. The van der Waals surface area contributed by atoms with Crippen molar-refractivity contribution in [3.8, 4) is 5.75 Å². The lowest BCUT2D eigenvalue weighted by Crippen LogP contribution is -2.32. The number of carbonyl (C=O) groups is 2. The molecule has 0 saturated heterocycles. The topological polar surface area (TPSA) is 58.6 Å². The molecule has 3 aromatic rings. The van der Waals surface area contributed by atoms with Crippen LogP contribution >= 0.6 is 11.6 Å². The molecular weight excluding hydrogens is 426 g/mol. The van der Waals surface area contributed by atoms with Gasteiger partial charge in [0, 0.05) is 5.69 Å². The molecule has 1 N–H and O–H groups in total. The van der Waals surface area contributed by atoms with Gasteiger partial charge in [-0.05, 0) is 60.2 Å². The molecule has 0 aromatic heterocycles. The van der Waals surface area contributed by atoms with Crippen molar-refractivity contribution in [2.75, 3.05) is 17.3 Å². The van der Waals surface area contributed by atoms with E-state index in [0.717, 1.165) is 11.0 Å². The summed E-state index contributed by atoms with van der Waals surface area (Å²) in [4.78, 5) is 27.4. The average molecular weight is 441 g/mol. The van der Waals surface area contributed by atoms with Gasteiger partial charge in [0.15, 0.2) is 0 Å². The number of nitrogens with zero attached hydrogens (tertiary/aromatic N) is 1. The first-order chi connectivity index (χ1) is 14.9. The molecule has 31 heavy (non-hydrogen) atoms. The molecule has 156 valence electrons. The minimum absolute atomic E-state index is 0.00206. The van der Waals surface area contributed by atoms with E-state index in [1.54, 1.807) is 24.3 Å². The summed E-state index contributed by atoms with van der Waals surface area (Å²) >= 11 is 5.85. The van der Waals surface area contributed by atoms with E-state index in [9.17, 15) is 18.4 Å². The fraction of sp³-hybridized carbons (Fsp3) is 0.0435. The number of ether oxygens (including phenoxy) is 1. The highest BCUT2D eigenvalue weighted by molar-refractivity contribution is 6.46. The van der Waals surface area contributed by atoms with Crippen LogP contribution < -0.4 is 15.0 Å². The lowest BCUT2D eigenvalue weighted by molar-refractivity contribution is -0.120. The normalized spacial score (nSPS) is 13.7. The highest BCUT2D eigenvalue weighted by Gasteiger charge is 2.40. The third-order valence-electron chi connectivity index (χ3n) is 4.74. The van der Waals surface area contributed by atoms with Gasteiger partial charge in [-0.2, -0.15) is 0 Å². The number of nitrogens with one attached hydrogen (secondary N) is 1. The molecule has 0 fully saturated rings. The van der Waals surface area contributed by atoms with Crippen LogP contribution in [0, 0.1) is 11.6 Å². The van der Waals surface area contributed by atoms with Gasteiger partial charge in [-0.3, -0.25) is 9.59 Å². The fourth-order valence-corrected chi connectivity index (χ4v) is 3.38. The van der Waals surface area contributed by atoms with Crippen molar-refractivity contribution >= 4 is 40.4 Å². The van der Waals surface area contributed by atoms with Crippen molar-refractivity contribution < 1.29 is 23.1 Å². The molecule has 0 spiro atoms. The van der Waals surface area contributed by atoms with Gasteiger partial charge < -0.3 is 10.1 Å². The Morgan fingerprint density at radius 3 is 2.19 bits per heavy atom. The van der Waals surface area contributed by atoms with E-state index >= 15 is 0 Å². The monoisotopic (exact) mass is 440 g/mol. The maximum Gasteiger partial charge on any atom is 0.282 e. The van der Waals surface area contributed by atoms with Crippen LogP contribution in [-0.2, 0) is 9.59 Å². The number of amides is 2. The molecule has 0 radical (unpaired) electrons. The molecule has 0 bridgehead atoms. The summed E-state index contributed by atoms with van der Waals surface area (Å²) in [5.41, 5.74) is 1.07. The van der Waals surface area contributed by atoms with E-state index in [1.807, 2.05) is 0 Å². The second-order valence-electron chi connectivity index (χ2n) is 6.65. The highest BCUT2D eigenvalue weighted by atomic mass is 35.5. The molecule has 0 saturated carbocycles. The number of rotatable bonds is 5. The maximum atomic E-state index is 13.6. The van der Waals surface area contributed by atoms with Crippen LogP contribution in [-0.4, -0.2) is 18.9 Å². The van der Waals surface area contributed by atoms with E-state index < -0.39 is 23.4 Å². The Morgan fingerprint density at radius 1 is 0.903 bits per heavy atom. The van der Waals surface area contributed by atoms with Gasteiger partial charge in [-0.15, -0.1) is 0 Å². The minimum Gasteiger partial charge on any atom is -0.497 e. The van der Waals surface area contributed by atoms with Crippen molar-refractivity contribution in [3.05, 3.63) is 94.6 Å². The zero-order valence-corrected chi connectivity index (χ0v) is 16.9. The molecule has 1 aliphatic rings. The Labute approximate surface area is 181 Å². The van der Waals surface area contributed by atoms with Gasteiger partial charge >= 0.3 is 0 Å². The number of halogens is 3. The van der Waals surface area contributed by atoms with Crippen LogP contribution in [0.5, 0.6) is 5.75 Å². The van der Waals surface area contributed by atoms with E-state index in [4.69, 9.17) is 16.3 Å². The first-order valence-corrected chi connectivity index (χ1v) is 9.52. The molecule has 1 aliphatic heterocycles. The van der Waals surface area contributed by atoms with Crippen LogP contribution in [0.4, 0.5) is 20.2 Å². The van der Waals surface area contributed by atoms with E-state index in [2.05, 4.69) is 5.32 Å². The molecule has 0 aliphatic carbocycles. The number of benzene rings is 3. The van der Waals surface area contributed by atoms with Gasteiger partial charge in [0.25, 0.3) is 11.8 Å². The molecule has 5 nitrogen and oxygen atoms in total. The predicted molar refractivity (Wildman–Crippen MR) is 114 cm³/mol. The summed E-state index contributed by atoms with van der Waals surface area (Å²) in [6.45, 7) is 0. The number of methoxy groups -OCH3 is 1. The lowest BCUT2D eigenvalue weighted by atomic mass is 10.0. The zero-order valence-electron chi connectivity index (χ0n) is 16.2. The molecule has 0 unspecified atom stereocenters. The maximum absolute atomic E-state index is 13.6. The van der Waals surface area contributed by atoms with Crippen molar-refractivity contribution in [3.63, 3.8) is 0 Å². The highest BCUT2D eigenvalue weighted by Crippen LogP contribution is 2.35. The first-order valence-electron chi connectivity index (χ1n) is 9.14. The second kappa shape index (κ2) is 8.20. The molecule has 0 atom stereocenters. The van der Waals surface area contributed by atoms with Gasteiger partial charge in [0.05, 0.1) is 23.4 Å². The standard InChI is InChI=1S/C23H15ClF2N2O3/c1-31-17-9-6-15(7-10-17)27-21-20(13-2-4-14(25)5-3-13)22(29)28(23(21)30)16-8-11-19(26)18(24)12-16/h2-12,27H,1H3. The minimum atomic E-state index is -0.673. The number of anilines is 2. The summed E-state index contributed by atoms with van der Waals surface area (Å²) < 4.78 is 32.2. The third-order valence-corrected chi connectivity index (χ3v) is 5.03. The number of hydrogen-bond donors (Lipinski definition) is 1. The molecule has 8 heteroatoms. The number of imide groups is 1. The van der Waals surface area contributed by atoms with E-state index in [0.29, 0.717) is 17.0 Å². The van der Waals surface area contributed by atoms with Crippen LogP contribution in [0.15, 0.2) is 72.4 Å². The van der Waals surface area contributed by atoms with Crippen molar-refractivity contribution in [1.29, 1.82) is 0 Å². The lowest BCUT2D eigenvalue weighted by Gasteiger charge is -2.16. The largest absolute Gasteiger partial charge is 0.497 e. The first kappa shape index (κ1) is 20.6. The van der Waals surface area contributed by atoms with Crippen LogP contribution in [0.3, 0.4) is 0 Å². The molecular formula is C23H15ClF2N2O3. The van der Waals surface area contributed by atoms with Gasteiger partial charge in [0.2, 0.25) is 0 Å². The third kappa shape index (κ3) is 3.87. The number of hydrogen-bond acceptors (Lipinski definition) is 4. The van der Waals surface area contributed by atoms with Crippen LogP contribution in [0.25, 0.3) is 5.57 Å². The van der Waals surface area contributed by atoms with Gasteiger partial charge in [0.1, 0.15) is 23.1 Å². The summed E-state index contributed by atoms with van der Waals surface area (Å²) in [6, 6.07) is 15.5. The summed E-state index contributed by atoms with van der Waals surface area (Å²) in [5, 5.41) is 2.75. The van der Waals surface area contributed by atoms with Crippen molar-refractivity contribution in [1.82, 2.24) is 0 Å². The summed E-state index contributed by atoms with van der Waals surface area (Å²) in [6.07, 6.45) is 0. The Kier molecular flexibility index (Phi) is 5.44. The Balaban J connectivity index is 1.80. The Bertz CT molecular complexity index is 1210. The Morgan fingerprint density at radius 2 is 1.58 bits per heavy atom. The predicted octanol–water partition coefficient (Wildman–Crippen LogP) is 5.02. The van der Waals surface area contributed by atoms with E-state index in [1.165, 1.54) is 43.5 Å². The molecule has 1 heterocycles. The SMILES string of the molecule is COc1ccc(NC2=C(c3ccc(F)cc3)C(=O)N(c3ccc(F)c(Cl)c3)C2=O)cc1. The molecule has 3 aromatic carbocycles. The summed E-state index contributed by atoms with van der Waals surface area (Å²) in [5.74, 6) is -1.83. The van der Waals surface area contributed by atoms with Crippen LogP contribution in [0.2, 0.25) is 5.02 Å². The van der Waals surface area contributed by atoms with Crippen molar-refractivity contribution in [2.24, 2.45) is 0 Å².